The molecular formula is C9H8F3NO. The highest BCUT2D eigenvalue weighted by molar-refractivity contribution is 5.90. The lowest BCUT2D eigenvalue weighted by Gasteiger charge is -2.69. The molecule has 2 nitrogen and oxygen atoms in total. The van der Waals surface area contributed by atoms with Crippen LogP contribution in [0.15, 0.2) is 0 Å². The molecule has 0 aromatic carbocycles. The van der Waals surface area contributed by atoms with Crippen LogP contribution >= 0.6 is 0 Å². The smallest absolute Gasteiger partial charge is 0.298 e. The third kappa shape index (κ3) is 0.887. The molecule has 5 heteroatoms. The Morgan fingerprint density at radius 1 is 1.36 bits per heavy atom. The van der Waals surface area contributed by atoms with Gasteiger partial charge in [0.2, 0.25) is 0 Å². The highest BCUT2D eigenvalue weighted by Gasteiger charge is 2.80. The zero-order chi connectivity index (χ0) is 10.6. The van der Waals surface area contributed by atoms with Crippen LogP contribution in [0.3, 0.4) is 0 Å². The summed E-state index contributed by atoms with van der Waals surface area (Å²) in [6, 6.07) is 1.69. The van der Waals surface area contributed by atoms with Gasteiger partial charge in [0, 0.05) is 5.41 Å². The van der Waals surface area contributed by atoms with E-state index < -0.39 is 17.0 Å². The summed E-state index contributed by atoms with van der Waals surface area (Å²) in [7, 11) is 0. The van der Waals surface area contributed by atoms with Crippen LogP contribution in [0.4, 0.5) is 13.2 Å². The molecule has 3 saturated carbocycles. The van der Waals surface area contributed by atoms with E-state index in [4.69, 9.17) is 5.26 Å². The van der Waals surface area contributed by atoms with E-state index in [1.807, 2.05) is 0 Å². The minimum atomic E-state index is -4.18. The third-order valence-electron chi connectivity index (χ3n) is 3.46. The Kier molecular flexibility index (Phi) is 1.56. The summed E-state index contributed by atoms with van der Waals surface area (Å²) in [6.07, 6.45) is -4.71. The van der Waals surface area contributed by atoms with Crippen molar-refractivity contribution < 1.29 is 18.0 Å². The minimum Gasteiger partial charge on any atom is -0.298 e. The van der Waals surface area contributed by atoms with Crippen LogP contribution in [-0.2, 0) is 4.79 Å². The zero-order valence-corrected chi connectivity index (χ0v) is 7.32. The Morgan fingerprint density at radius 2 is 1.86 bits per heavy atom. The highest BCUT2D eigenvalue weighted by Crippen LogP contribution is 2.78. The van der Waals surface area contributed by atoms with Gasteiger partial charge in [0.05, 0.1) is 17.9 Å². The minimum absolute atomic E-state index is 0.0932. The first-order chi connectivity index (χ1) is 6.35. The first-order valence-corrected chi connectivity index (χ1v) is 4.32. The van der Waals surface area contributed by atoms with Crippen molar-refractivity contribution in [2.45, 2.75) is 31.9 Å². The number of ketones is 1. The fraction of sp³-hybridized carbons (Fsp3) is 0.778. The van der Waals surface area contributed by atoms with E-state index in [9.17, 15) is 18.0 Å². The summed E-state index contributed by atoms with van der Waals surface area (Å²) < 4.78 is 37.1. The van der Waals surface area contributed by atoms with Gasteiger partial charge in [0.25, 0.3) is 0 Å². The standard InChI is InChI=1S/C9H8F3NO/c10-9(11,12)8-3-7(4-8,5-8)6(14)1-2-13/h1,3-5H2. The van der Waals surface area contributed by atoms with E-state index in [0.29, 0.717) is 0 Å². The molecule has 0 heterocycles. The van der Waals surface area contributed by atoms with Gasteiger partial charge in [-0.1, -0.05) is 0 Å². The van der Waals surface area contributed by atoms with Gasteiger partial charge in [-0.05, 0) is 19.3 Å². The number of halogens is 3. The number of carbonyl (C=O) groups is 1. The van der Waals surface area contributed by atoms with Crippen LogP contribution in [0.1, 0.15) is 25.7 Å². The molecule has 2 bridgehead atoms. The lowest BCUT2D eigenvalue weighted by molar-refractivity contribution is -0.350. The van der Waals surface area contributed by atoms with Crippen molar-refractivity contribution in [3.05, 3.63) is 0 Å². The number of hydrogen-bond acceptors (Lipinski definition) is 2. The van der Waals surface area contributed by atoms with Gasteiger partial charge in [0.15, 0.2) is 5.78 Å². The van der Waals surface area contributed by atoms with Crippen LogP contribution in [0, 0.1) is 22.2 Å². The average molecular weight is 203 g/mol. The second-order valence-electron chi connectivity index (χ2n) is 4.35. The average Bonchev–Trinajstić information content (AvgIpc) is 1.76. The van der Waals surface area contributed by atoms with Crippen LogP contribution in [0.25, 0.3) is 0 Å². The predicted molar refractivity (Wildman–Crippen MR) is 40.0 cm³/mol. The SMILES string of the molecule is N#CCC(=O)C12CC(C(F)(F)F)(C1)C2. The molecule has 0 aliphatic heterocycles. The number of alkyl halides is 3. The third-order valence-corrected chi connectivity index (χ3v) is 3.46. The molecule has 3 rings (SSSR count). The van der Waals surface area contributed by atoms with Gasteiger partial charge >= 0.3 is 6.18 Å². The maximum absolute atomic E-state index is 12.4. The van der Waals surface area contributed by atoms with Crippen molar-refractivity contribution in [2.24, 2.45) is 10.8 Å². The molecule has 0 amide bonds. The van der Waals surface area contributed by atoms with E-state index in [0.717, 1.165) is 0 Å². The van der Waals surface area contributed by atoms with Gasteiger partial charge in [0.1, 0.15) is 0 Å². The molecule has 3 aliphatic rings. The van der Waals surface area contributed by atoms with E-state index in [1.54, 1.807) is 6.07 Å². The molecule has 0 saturated heterocycles. The lowest BCUT2D eigenvalue weighted by atomic mass is 9.33. The van der Waals surface area contributed by atoms with Crippen molar-refractivity contribution in [3.63, 3.8) is 0 Å². The Hall–Kier alpha value is -1.05. The Morgan fingerprint density at radius 3 is 2.21 bits per heavy atom. The maximum Gasteiger partial charge on any atom is 0.394 e. The quantitative estimate of drug-likeness (QED) is 0.690. The summed E-state index contributed by atoms with van der Waals surface area (Å²) in [6.45, 7) is 0. The number of nitriles is 1. The van der Waals surface area contributed by atoms with Gasteiger partial charge in [-0.15, -0.1) is 0 Å². The summed E-state index contributed by atoms with van der Waals surface area (Å²) in [5.74, 6) is -0.314. The summed E-state index contributed by atoms with van der Waals surface area (Å²) >= 11 is 0. The van der Waals surface area contributed by atoms with Crippen molar-refractivity contribution in [3.8, 4) is 6.07 Å². The first kappa shape index (κ1) is 9.50. The molecule has 0 N–H and O–H groups in total. The van der Waals surface area contributed by atoms with Crippen LogP contribution in [-0.4, -0.2) is 12.0 Å². The van der Waals surface area contributed by atoms with E-state index in [-0.39, 0.29) is 31.5 Å². The first-order valence-electron chi connectivity index (χ1n) is 4.32. The molecule has 0 unspecified atom stereocenters. The monoisotopic (exact) mass is 203 g/mol. The Balaban J connectivity index is 2.02. The van der Waals surface area contributed by atoms with Gasteiger partial charge < -0.3 is 0 Å². The van der Waals surface area contributed by atoms with Gasteiger partial charge in [-0.25, -0.2) is 0 Å². The van der Waals surface area contributed by atoms with E-state index in [2.05, 4.69) is 0 Å². The molecule has 14 heavy (non-hydrogen) atoms. The largest absolute Gasteiger partial charge is 0.394 e. The van der Waals surface area contributed by atoms with Crippen molar-refractivity contribution in [2.75, 3.05) is 0 Å². The lowest BCUT2D eigenvalue weighted by Crippen LogP contribution is -2.70. The molecule has 0 radical (unpaired) electrons. The number of Topliss-reactive ketones (excluding diaryl/α,β-unsaturated/α-hetero) is 1. The maximum atomic E-state index is 12.4. The second-order valence-corrected chi connectivity index (χ2v) is 4.35. The van der Waals surface area contributed by atoms with Gasteiger partial charge in [-0.3, -0.25) is 4.79 Å². The number of rotatable bonds is 2. The molecule has 0 aromatic heterocycles. The molecule has 3 aliphatic carbocycles. The number of carbonyl (C=O) groups excluding carboxylic acids is 1. The molecular weight excluding hydrogens is 195 g/mol. The van der Waals surface area contributed by atoms with Gasteiger partial charge in [-0.2, -0.15) is 18.4 Å². The van der Waals surface area contributed by atoms with Crippen molar-refractivity contribution in [1.29, 1.82) is 5.26 Å². The Bertz CT molecular complexity index is 319. The summed E-state index contributed by atoms with van der Waals surface area (Å²) in [5.41, 5.74) is -2.37. The van der Waals surface area contributed by atoms with E-state index in [1.165, 1.54) is 0 Å². The fourth-order valence-corrected chi connectivity index (χ4v) is 2.64. The van der Waals surface area contributed by atoms with Crippen molar-refractivity contribution >= 4 is 5.78 Å². The topological polar surface area (TPSA) is 40.9 Å². The normalized spacial score (nSPS) is 39.3. The van der Waals surface area contributed by atoms with Crippen LogP contribution in [0.2, 0.25) is 0 Å². The molecule has 0 atom stereocenters. The molecule has 0 aromatic rings. The zero-order valence-electron chi connectivity index (χ0n) is 7.32. The van der Waals surface area contributed by atoms with Crippen molar-refractivity contribution in [1.82, 2.24) is 0 Å². The molecule has 3 fully saturated rings. The number of hydrogen-bond donors (Lipinski definition) is 0. The summed E-state index contributed by atoms with van der Waals surface area (Å²) in [5, 5.41) is 8.27. The molecule has 0 spiro atoms. The van der Waals surface area contributed by atoms with E-state index >= 15 is 0 Å². The second kappa shape index (κ2) is 2.30. The summed E-state index contributed by atoms with van der Waals surface area (Å²) in [4.78, 5) is 11.3. The number of nitrogens with zero attached hydrogens (tertiary/aromatic N) is 1. The fourth-order valence-electron chi connectivity index (χ4n) is 2.64. The molecule has 76 valence electrons. The van der Waals surface area contributed by atoms with Crippen LogP contribution in [0.5, 0.6) is 0 Å². The Labute approximate surface area is 78.7 Å². The van der Waals surface area contributed by atoms with Crippen LogP contribution < -0.4 is 0 Å². The highest BCUT2D eigenvalue weighted by atomic mass is 19.4. The predicted octanol–water partition coefficient (Wildman–Crippen LogP) is 2.20.